The largest absolute Gasteiger partial charge is 0.398 e. The number of para-hydroxylation sites is 1. The molecule has 0 radical (unpaired) electrons. The molecule has 1 aromatic heterocycles. The van der Waals surface area contributed by atoms with Crippen molar-refractivity contribution >= 4 is 11.6 Å². The molecular weight excluding hydrogens is 230 g/mol. The summed E-state index contributed by atoms with van der Waals surface area (Å²) in [5.74, 6) is 0.480. The number of nitrogens with one attached hydrogen (secondary N) is 1. The van der Waals surface area contributed by atoms with E-state index in [1.54, 1.807) is 17.0 Å². The Kier molecular flexibility index (Phi) is 3.27. The van der Waals surface area contributed by atoms with Crippen molar-refractivity contribution in [2.24, 2.45) is 7.05 Å². The van der Waals surface area contributed by atoms with Crippen LogP contribution >= 0.6 is 0 Å². The molecule has 0 spiro atoms. The first kappa shape index (κ1) is 12.1. The molecule has 6 heteroatoms. The lowest BCUT2D eigenvalue weighted by atomic mass is 10.1. The Morgan fingerprint density at radius 1 is 1.50 bits per heavy atom. The quantitative estimate of drug-likeness (QED) is 0.777. The molecule has 0 saturated heterocycles. The molecule has 0 unspecified atom stereocenters. The van der Waals surface area contributed by atoms with Gasteiger partial charge in [-0.25, -0.2) is 0 Å². The van der Waals surface area contributed by atoms with Crippen LogP contribution in [-0.4, -0.2) is 20.7 Å². The van der Waals surface area contributed by atoms with Crippen LogP contribution in [0.3, 0.4) is 0 Å². The van der Waals surface area contributed by atoms with E-state index in [9.17, 15) is 4.79 Å². The number of carbonyl (C=O) groups excluding carboxylic acids is 1. The Morgan fingerprint density at radius 3 is 2.94 bits per heavy atom. The van der Waals surface area contributed by atoms with Crippen molar-refractivity contribution in [1.29, 1.82) is 0 Å². The number of aromatic nitrogens is 3. The van der Waals surface area contributed by atoms with Crippen LogP contribution in [0.5, 0.6) is 0 Å². The summed E-state index contributed by atoms with van der Waals surface area (Å²) in [6.45, 7) is 2.19. The number of nitrogen functional groups attached to an aromatic ring is 1. The highest BCUT2D eigenvalue weighted by molar-refractivity contribution is 5.99. The fourth-order valence-corrected chi connectivity index (χ4v) is 1.60. The standard InChI is InChI=1S/C12H15N5O/c1-8-4-3-5-9(11(8)13)12(18)14-6-10-16-15-7-17(10)2/h3-5,7H,6,13H2,1-2H3,(H,14,18). The minimum absolute atomic E-state index is 0.209. The van der Waals surface area contributed by atoms with Gasteiger partial charge in [0.25, 0.3) is 5.91 Å². The van der Waals surface area contributed by atoms with Gasteiger partial charge in [0, 0.05) is 12.7 Å². The van der Waals surface area contributed by atoms with E-state index >= 15 is 0 Å². The first-order valence-corrected chi connectivity index (χ1v) is 5.55. The van der Waals surface area contributed by atoms with Crippen LogP contribution in [0.15, 0.2) is 24.5 Å². The molecule has 0 aliphatic heterocycles. The maximum atomic E-state index is 12.0. The molecule has 2 aromatic rings. The van der Waals surface area contributed by atoms with Gasteiger partial charge in [0.2, 0.25) is 0 Å². The summed E-state index contributed by atoms with van der Waals surface area (Å²) < 4.78 is 1.75. The molecule has 18 heavy (non-hydrogen) atoms. The number of anilines is 1. The highest BCUT2D eigenvalue weighted by Gasteiger charge is 2.11. The number of nitrogens with zero attached hydrogens (tertiary/aromatic N) is 3. The summed E-state index contributed by atoms with van der Waals surface area (Å²) >= 11 is 0. The second kappa shape index (κ2) is 4.87. The first-order valence-electron chi connectivity index (χ1n) is 5.55. The molecule has 1 heterocycles. The van der Waals surface area contributed by atoms with Gasteiger partial charge in [-0.1, -0.05) is 12.1 Å². The lowest BCUT2D eigenvalue weighted by Crippen LogP contribution is -2.25. The SMILES string of the molecule is Cc1cccc(C(=O)NCc2nncn2C)c1N. The summed E-state index contributed by atoms with van der Waals surface area (Å²) in [7, 11) is 1.82. The minimum Gasteiger partial charge on any atom is -0.398 e. The van der Waals surface area contributed by atoms with E-state index in [0.717, 1.165) is 5.56 Å². The second-order valence-electron chi connectivity index (χ2n) is 4.08. The molecule has 94 valence electrons. The molecular formula is C12H15N5O. The van der Waals surface area contributed by atoms with Gasteiger partial charge >= 0.3 is 0 Å². The van der Waals surface area contributed by atoms with Gasteiger partial charge < -0.3 is 15.6 Å². The highest BCUT2D eigenvalue weighted by Crippen LogP contribution is 2.16. The maximum absolute atomic E-state index is 12.0. The normalized spacial score (nSPS) is 10.3. The monoisotopic (exact) mass is 245 g/mol. The van der Waals surface area contributed by atoms with Gasteiger partial charge in [-0.2, -0.15) is 0 Å². The topological polar surface area (TPSA) is 85.8 Å². The van der Waals surface area contributed by atoms with Crippen LogP contribution in [0.4, 0.5) is 5.69 Å². The van der Waals surface area contributed by atoms with Crippen molar-refractivity contribution in [3.63, 3.8) is 0 Å². The zero-order valence-corrected chi connectivity index (χ0v) is 10.3. The molecule has 1 amide bonds. The van der Waals surface area contributed by atoms with Crippen LogP contribution in [0.25, 0.3) is 0 Å². The molecule has 3 N–H and O–H groups in total. The summed E-state index contributed by atoms with van der Waals surface area (Å²) in [5, 5.41) is 10.4. The molecule has 2 rings (SSSR count). The van der Waals surface area contributed by atoms with Gasteiger partial charge in [0.1, 0.15) is 6.33 Å². The van der Waals surface area contributed by atoms with Gasteiger partial charge in [-0.3, -0.25) is 4.79 Å². The van der Waals surface area contributed by atoms with Crippen LogP contribution in [0.1, 0.15) is 21.7 Å². The Balaban J connectivity index is 2.09. The lowest BCUT2D eigenvalue weighted by Gasteiger charge is -2.08. The van der Waals surface area contributed by atoms with Crippen molar-refractivity contribution in [1.82, 2.24) is 20.1 Å². The van der Waals surface area contributed by atoms with E-state index in [1.807, 2.05) is 26.1 Å². The van der Waals surface area contributed by atoms with Gasteiger partial charge in [0.15, 0.2) is 5.82 Å². The van der Waals surface area contributed by atoms with Crippen molar-refractivity contribution in [3.05, 3.63) is 41.5 Å². The molecule has 0 saturated carbocycles. The average Bonchev–Trinajstić information content (AvgIpc) is 2.75. The van der Waals surface area contributed by atoms with E-state index in [1.165, 1.54) is 0 Å². The summed E-state index contributed by atoms with van der Waals surface area (Å²) in [4.78, 5) is 12.0. The molecule has 0 fully saturated rings. The smallest absolute Gasteiger partial charge is 0.253 e. The molecule has 6 nitrogen and oxygen atoms in total. The van der Waals surface area contributed by atoms with E-state index in [2.05, 4.69) is 15.5 Å². The average molecular weight is 245 g/mol. The number of amides is 1. The van der Waals surface area contributed by atoms with Crippen molar-refractivity contribution in [2.45, 2.75) is 13.5 Å². The first-order chi connectivity index (χ1) is 8.59. The zero-order valence-electron chi connectivity index (χ0n) is 10.3. The van der Waals surface area contributed by atoms with Gasteiger partial charge in [-0.15, -0.1) is 10.2 Å². The van der Waals surface area contributed by atoms with Crippen LogP contribution in [0, 0.1) is 6.92 Å². The summed E-state index contributed by atoms with van der Waals surface area (Å²) in [5.41, 5.74) is 7.75. The third kappa shape index (κ3) is 2.32. The van der Waals surface area contributed by atoms with E-state index in [-0.39, 0.29) is 5.91 Å². The Labute approximate surface area is 105 Å². The third-order valence-corrected chi connectivity index (χ3v) is 2.78. The summed E-state index contributed by atoms with van der Waals surface area (Å²) in [6, 6.07) is 5.38. The number of benzene rings is 1. The minimum atomic E-state index is -0.209. The maximum Gasteiger partial charge on any atom is 0.253 e. The number of hydrogen-bond donors (Lipinski definition) is 2. The van der Waals surface area contributed by atoms with E-state index in [4.69, 9.17) is 5.73 Å². The number of rotatable bonds is 3. The Hall–Kier alpha value is -2.37. The molecule has 1 aromatic carbocycles. The van der Waals surface area contributed by atoms with Gasteiger partial charge in [-0.05, 0) is 18.6 Å². The van der Waals surface area contributed by atoms with E-state index < -0.39 is 0 Å². The molecule has 0 aliphatic carbocycles. The van der Waals surface area contributed by atoms with Crippen molar-refractivity contribution < 1.29 is 4.79 Å². The number of nitrogens with two attached hydrogens (primary N) is 1. The summed E-state index contributed by atoms with van der Waals surface area (Å²) in [6.07, 6.45) is 1.59. The lowest BCUT2D eigenvalue weighted by molar-refractivity contribution is 0.0950. The predicted molar refractivity (Wildman–Crippen MR) is 67.8 cm³/mol. The van der Waals surface area contributed by atoms with Crippen molar-refractivity contribution in [3.8, 4) is 0 Å². The fraction of sp³-hybridized carbons (Fsp3) is 0.250. The van der Waals surface area contributed by atoms with Crippen LogP contribution < -0.4 is 11.1 Å². The Bertz CT molecular complexity index is 576. The molecule has 0 atom stereocenters. The fourth-order valence-electron chi connectivity index (χ4n) is 1.60. The van der Waals surface area contributed by atoms with Crippen LogP contribution in [0.2, 0.25) is 0 Å². The van der Waals surface area contributed by atoms with Gasteiger partial charge in [0.05, 0.1) is 12.1 Å². The third-order valence-electron chi connectivity index (χ3n) is 2.78. The molecule has 0 aliphatic rings. The number of carbonyl (C=O) groups is 1. The number of aryl methyl sites for hydroxylation is 2. The second-order valence-corrected chi connectivity index (χ2v) is 4.08. The van der Waals surface area contributed by atoms with Crippen molar-refractivity contribution in [2.75, 3.05) is 5.73 Å². The number of hydrogen-bond acceptors (Lipinski definition) is 4. The van der Waals surface area contributed by atoms with E-state index in [0.29, 0.717) is 23.6 Å². The zero-order chi connectivity index (χ0) is 13.1. The Morgan fingerprint density at radius 2 is 2.28 bits per heavy atom. The van der Waals surface area contributed by atoms with Crippen LogP contribution in [-0.2, 0) is 13.6 Å². The molecule has 0 bridgehead atoms. The highest BCUT2D eigenvalue weighted by atomic mass is 16.1. The predicted octanol–water partition coefficient (Wildman–Crippen LogP) is 0.636.